The van der Waals surface area contributed by atoms with Crippen LogP contribution in [0.4, 0.5) is 13.2 Å². The normalized spacial score (nSPS) is 14.0. The van der Waals surface area contributed by atoms with Crippen LogP contribution in [-0.2, 0) is 15.8 Å². The fourth-order valence-electron chi connectivity index (χ4n) is 1.83. The van der Waals surface area contributed by atoms with Crippen LogP contribution in [0.2, 0.25) is 0 Å². The van der Waals surface area contributed by atoms with Gasteiger partial charge in [-0.3, -0.25) is 9.59 Å². The van der Waals surface area contributed by atoms with Gasteiger partial charge in [0.05, 0.1) is 5.56 Å². The van der Waals surface area contributed by atoms with Gasteiger partial charge in [-0.2, -0.15) is 13.2 Å². The Labute approximate surface area is 131 Å². The average molecular weight is 330 g/mol. The van der Waals surface area contributed by atoms with Crippen LogP contribution in [0.5, 0.6) is 0 Å². The molecule has 0 heterocycles. The van der Waals surface area contributed by atoms with Crippen molar-refractivity contribution in [2.75, 3.05) is 0 Å². The molecule has 8 heteroatoms. The predicted molar refractivity (Wildman–Crippen MR) is 77.0 cm³/mol. The van der Waals surface area contributed by atoms with Gasteiger partial charge in [0, 0.05) is 0 Å². The Balaban J connectivity index is 2.83. The Morgan fingerprint density at radius 1 is 1.30 bits per heavy atom. The molecule has 0 saturated carbocycles. The van der Waals surface area contributed by atoms with Crippen molar-refractivity contribution < 1.29 is 27.9 Å². The minimum absolute atomic E-state index is 0.0333. The van der Waals surface area contributed by atoms with Gasteiger partial charge < -0.3 is 16.2 Å². The molecule has 2 atom stereocenters. The number of primary amides is 1. The minimum Gasteiger partial charge on any atom is -0.378 e. The lowest BCUT2D eigenvalue weighted by atomic mass is 10.0. The van der Waals surface area contributed by atoms with Crippen LogP contribution < -0.4 is 11.1 Å². The van der Waals surface area contributed by atoms with Crippen molar-refractivity contribution in [3.8, 4) is 0 Å². The third kappa shape index (κ3) is 5.41. The van der Waals surface area contributed by atoms with Crippen LogP contribution in [-0.4, -0.2) is 23.0 Å². The topological polar surface area (TPSA) is 92.4 Å². The summed E-state index contributed by atoms with van der Waals surface area (Å²) in [6, 6.07) is 2.44. The molecule has 1 aromatic rings. The predicted octanol–water partition coefficient (Wildman–Crippen LogP) is 1.68. The SMILES string of the molecule is C=C(C)C[C@@H](NC(=O)[C@@H](O)c1ccc(C(F)(F)F)cc1)C(N)=O. The summed E-state index contributed by atoms with van der Waals surface area (Å²) in [6.07, 6.45) is -6.13. The number of amides is 2. The van der Waals surface area contributed by atoms with E-state index in [1.54, 1.807) is 6.92 Å². The van der Waals surface area contributed by atoms with E-state index >= 15 is 0 Å². The number of halogens is 3. The molecule has 0 unspecified atom stereocenters. The zero-order valence-corrected chi connectivity index (χ0v) is 12.4. The lowest BCUT2D eigenvalue weighted by Crippen LogP contribution is -2.46. The molecule has 126 valence electrons. The molecule has 4 N–H and O–H groups in total. The molecule has 0 fully saturated rings. The molecule has 1 aromatic carbocycles. The number of alkyl halides is 3. The van der Waals surface area contributed by atoms with E-state index in [-0.39, 0.29) is 12.0 Å². The molecular formula is C15H17F3N2O3. The Bertz CT molecular complexity index is 597. The van der Waals surface area contributed by atoms with Crippen LogP contribution in [0, 0.1) is 0 Å². The second-order valence-corrected chi connectivity index (χ2v) is 5.15. The van der Waals surface area contributed by atoms with Crippen molar-refractivity contribution in [2.45, 2.75) is 31.7 Å². The van der Waals surface area contributed by atoms with E-state index in [2.05, 4.69) is 11.9 Å². The fourth-order valence-corrected chi connectivity index (χ4v) is 1.83. The van der Waals surface area contributed by atoms with Crippen molar-refractivity contribution in [1.82, 2.24) is 5.32 Å². The maximum atomic E-state index is 12.5. The summed E-state index contributed by atoms with van der Waals surface area (Å²) in [4.78, 5) is 23.1. The van der Waals surface area contributed by atoms with Crippen LogP contribution in [0.15, 0.2) is 36.4 Å². The Morgan fingerprint density at radius 2 is 1.83 bits per heavy atom. The average Bonchev–Trinajstić information content (AvgIpc) is 2.44. The molecule has 0 saturated heterocycles. The second-order valence-electron chi connectivity index (χ2n) is 5.15. The number of rotatable bonds is 6. The third-order valence-electron chi connectivity index (χ3n) is 3.01. The molecule has 5 nitrogen and oxygen atoms in total. The number of benzene rings is 1. The highest BCUT2D eigenvalue weighted by Crippen LogP contribution is 2.29. The molecule has 23 heavy (non-hydrogen) atoms. The van der Waals surface area contributed by atoms with Crippen molar-refractivity contribution in [1.29, 1.82) is 0 Å². The van der Waals surface area contributed by atoms with E-state index in [1.165, 1.54) is 0 Å². The summed E-state index contributed by atoms with van der Waals surface area (Å²) in [7, 11) is 0. The number of aliphatic hydroxyl groups is 1. The first kappa shape index (κ1) is 18.7. The molecule has 0 radical (unpaired) electrons. The van der Waals surface area contributed by atoms with E-state index in [9.17, 15) is 27.9 Å². The monoisotopic (exact) mass is 330 g/mol. The van der Waals surface area contributed by atoms with Crippen molar-refractivity contribution in [2.24, 2.45) is 5.73 Å². The van der Waals surface area contributed by atoms with E-state index < -0.39 is 35.7 Å². The van der Waals surface area contributed by atoms with Gasteiger partial charge in [-0.05, 0) is 31.0 Å². The van der Waals surface area contributed by atoms with Gasteiger partial charge in [0.25, 0.3) is 5.91 Å². The van der Waals surface area contributed by atoms with Gasteiger partial charge >= 0.3 is 6.18 Å². The highest BCUT2D eigenvalue weighted by Gasteiger charge is 2.31. The van der Waals surface area contributed by atoms with Crippen LogP contribution in [0.1, 0.15) is 30.6 Å². The highest BCUT2D eigenvalue weighted by molar-refractivity contribution is 5.89. The molecule has 0 aromatic heterocycles. The number of aliphatic hydroxyl groups excluding tert-OH is 1. The summed E-state index contributed by atoms with van der Waals surface area (Å²) in [5.41, 5.74) is 4.80. The van der Waals surface area contributed by atoms with Gasteiger partial charge in [-0.1, -0.05) is 17.7 Å². The number of hydrogen-bond donors (Lipinski definition) is 3. The molecule has 0 aliphatic carbocycles. The van der Waals surface area contributed by atoms with Gasteiger partial charge in [-0.25, -0.2) is 0 Å². The summed E-state index contributed by atoms with van der Waals surface area (Å²) < 4.78 is 37.4. The maximum absolute atomic E-state index is 12.5. The number of nitrogens with one attached hydrogen (secondary N) is 1. The largest absolute Gasteiger partial charge is 0.416 e. The summed E-state index contributed by atoms with van der Waals surface area (Å²) in [5, 5.41) is 12.1. The molecule has 0 bridgehead atoms. The fraction of sp³-hybridized carbons (Fsp3) is 0.333. The standard InChI is InChI=1S/C15H17F3N2O3/c1-8(2)7-11(13(19)22)20-14(23)12(21)9-3-5-10(6-4-9)15(16,17)18/h3-6,11-12,21H,1,7H2,2H3,(H2,19,22)(H,20,23)/t11-,12+/m1/s1. The first-order valence-electron chi connectivity index (χ1n) is 6.61. The molecule has 0 aliphatic rings. The number of nitrogens with two attached hydrogens (primary N) is 1. The Kier molecular flexibility index (Phi) is 5.91. The molecule has 0 aliphatic heterocycles. The van der Waals surface area contributed by atoms with E-state index in [4.69, 9.17) is 5.73 Å². The Morgan fingerprint density at radius 3 is 2.22 bits per heavy atom. The van der Waals surface area contributed by atoms with Crippen molar-refractivity contribution >= 4 is 11.8 Å². The van der Waals surface area contributed by atoms with Gasteiger partial charge in [0.15, 0.2) is 6.10 Å². The Hall–Kier alpha value is -2.35. The zero-order chi connectivity index (χ0) is 17.8. The van der Waals surface area contributed by atoms with E-state index in [0.717, 1.165) is 24.3 Å². The van der Waals surface area contributed by atoms with Crippen molar-refractivity contribution in [3.05, 3.63) is 47.5 Å². The van der Waals surface area contributed by atoms with Gasteiger partial charge in [-0.15, -0.1) is 6.58 Å². The number of hydrogen-bond acceptors (Lipinski definition) is 3. The van der Waals surface area contributed by atoms with Crippen molar-refractivity contribution in [3.63, 3.8) is 0 Å². The lowest BCUT2D eigenvalue weighted by molar-refractivity contribution is -0.137. The summed E-state index contributed by atoms with van der Waals surface area (Å²) in [5.74, 6) is -1.74. The third-order valence-corrected chi connectivity index (χ3v) is 3.01. The minimum atomic E-state index is -4.51. The quantitative estimate of drug-likeness (QED) is 0.693. The summed E-state index contributed by atoms with van der Waals surface area (Å²) in [6.45, 7) is 5.23. The molecule has 2 amide bonds. The lowest BCUT2D eigenvalue weighted by Gasteiger charge is -2.18. The second kappa shape index (κ2) is 7.28. The van der Waals surface area contributed by atoms with Crippen LogP contribution in [0.25, 0.3) is 0 Å². The molecule has 1 rings (SSSR count). The summed E-state index contributed by atoms with van der Waals surface area (Å²) >= 11 is 0. The highest BCUT2D eigenvalue weighted by atomic mass is 19.4. The van der Waals surface area contributed by atoms with Gasteiger partial charge in [0.1, 0.15) is 6.04 Å². The molecular weight excluding hydrogens is 313 g/mol. The first-order chi connectivity index (χ1) is 10.5. The zero-order valence-electron chi connectivity index (χ0n) is 12.4. The molecule has 0 spiro atoms. The maximum Gasteiger partial charge on any atom is 0.416 e. The van der Waals surface area contributed by atoms with Crippen LogP contribution in [0.3, 0.4) is 0 Å². The van der Waals surface area contributed by atoms with E-state index in [1.807, 2.05) is 0 Å². The number of carbonyl (C=O) groups excluding carboxylic acids is 2. The van der Waals surface area contributed by atoms with E-state index in [0.29, 0.717) is 5.57 Å². The smallest absolute Gasteiger partial charge is 0.378 e. The number of carbonyl (C=O) groups is 2. The van der Waals surface area contributed by atoms with Gasteiger partial charge in [0.2, 0.25) is 5.91 Å². The first-order valence-corrected chi connectivity index (χ1v) is 6.61. The van der Waals surface area contributed by atoms with Crippen LogP contribution >= 0.6 is 0 Å².